The number of nitrogen functional groups attached to an aromatic ring is 1. The number of hydrogen-bond acceptors (Lipinski definition) is 3. The molecule has 0 saturated carbocycles. The van der Waals surface area contributed by atoms with Crippen LogP contribution in [0.25, 0.3) is 10.1 Å². The smallest absolute Gasteiger partial charge is 0.0346 e. The normalized spacial score (nSPS) is 12.6. The molecule has 1 atom stereocenters. The zero-order valence-corrected chi connectivity index (χ0v) is 13.7. The van der Waals surface area contributed by atoms with Gasteiger partial charge in [-0.1, -0.05) is 30.3 Å². The third-order valence-electron chi connectivity index (χ3n) is 4.05. The molecule has 1 aromatic heterocycles. The van der Waals surface area contributed by atoms with Gasteiger partial charge in [0.05, 0.1) is 0 Å². The van der Waals surface area contributed by atoms with E-state index in [9.17, 15) is 0 Å². The van der Waals surface area contributed by atoms with Gasteiger partial charge in [0.1, 0.15) is 0 Å². The number of thiophene rings is 1. The highest BCUT2D eigenvalue weighted by Crippen LogP contribution is 2.29. The molecule has 0 fully saturated rings. The lowest BCUT2D eigenvalue weighted by Crippen LogP contribution is -2.20. The number of fused-ring (bicyclic) bond motifs is 1. The fourth-order valence-electron chi connectivity index (χ4n) is 2.74. The van der Waals surface area contributed by atoms with Crippen molar-refractivity contribution in [1.29, 1.82) is 0 Å². The van der Waals surface area contributed by atoms with E-state index in [1.807, 2.05) is 23.5 Å². The maximum atomic E-state index is 5.71. The first-order valence-corrected chi connectivity index (χ1v) is 8.66. The number of aryl methyl sites for hydroxylation is 1. The van der Waals surface area contributed by atoms with Crippen molar-refractivity contribution in [3.05, 3.63) is 65.0 Å². The van der Waals surface area contributed by atoms with Gasteiger partial charge in [-0.3, -0.25) is 0 Å². The molecule has 3 aromatic rings. The van der Waals surface area contributed by atoms with E-state index >= 15 is 0 Å². The van der Waals surface area contributed by atoms with Crippen LogP contribution in [0, 0.1) is 0 Å². The number of benzene rings is 2. The Morgan fingerprint density at radius 3 is 2.68 bits per heavy atom. The quantitative estimate of drug-likeness (QED) is 0.508. The Labute approximate surface area is 136 Å². The summed E-state index contributed by atoms with van der Waals surface area (Å²) < 4.78 is 1.37. The molecule has 0 aliphatic heterocycles. The Balaban J connectivity index is 1.52. The van der Waals surface area contributed by atoms with Crippen LogP contribution in [0.5, 0.6) is 0 Å². The van der Waals surface area contributed by atoms with E-state index in [-0.39, 0.29) is 0 Å². The first-order chi connectivity index (χ1) is 10.7. The van der Waals surface area contributed by atoms with Crippen molar-refractivity contribution in [3.63, 3.8) is 0 Å². The summed E-state index contributed by atoms with van der Waals surface area (Å²) in [5.41, 5.74) is 9.30. The molecule has 0 amide bonds. The molecule has 0 saturated heterocycles. The highest BCUT2D eigenvalue weighted by molar-refractivity contribution is 7.17. The van der Waals surface area contributed by atoms with Gasteiger partial charge in [0.2, 0.25) is 0 Å². The van der Waals surface area contributed by atoms with E-state index in [0.29, 0.717) is 6.04 Å². The second kappa shape index (κ2) is 6.95. The van der Waals surface area contributed by atoms with E-state index in [0.717, 1.165) is 25.1 Å². The summed E-state index contributed by atoms with van der Waals surface area (Å²) >= 11 is 1.83. The van der Waals surface area contributed by atoms with Gasteiger partial charge < -0.3 is 11.1 Å². The molecule has 0 bridgehead atoms. The average molecular weight is 310 g/mol. The summed E-state index contributed by atoms with van der Waals surface area (Å²) in [7, 11) is 0. The van der Waals surface area contributed by atoms with Crippen molar-refractivity contribution in [1.82, 2.24) is 5.32 Å². The minimum absolute atomic E-state index is 0.391. The molecule has 0 aliphatic rings. The summed E-state index contributed by atoms with van der Waals surface area (Å²) in [6, 6.07) is 17.2. The lowest BCUT2D eigenvalue weighted by Gasteiger charge is -2.13. The SMILES string of the molecule is CC(NCCCc1ccc(N)cc1)c1csc2ccccc12. The second-order valence-corrected chi connectivity index (χ2v) is 6.62. The lowest BCUT2D eigenvalue weighted by atomic mass is 10.1. The fraction of sp³-hybridized carbons (Fsp3) is 0.263. The van der Waals surface area contributed by atoms with Gasteiger partial charge in [-0.2, -0.15) is 0 Å². The Hall–Kier alpha value is -1.84. The van der Waals surface area contributed by atoms with Gasteiger partial charge in [0, 0.05) is 16.4 Å². The topological polar surface area (TPSA) is 38.0 Å². The maximum Gasteiger partial charge on any atom is 0.0346 e. The molecule has 22 heavy (non-hydrogen) atoms. The van der Waals surface area contributed by atoms with Crippen LogP contribution in [0.3, 0.4) is 0 Å². The Kier molecular flexibility index (Phi) is 4.76. The van der Waals surface area contributed by atoms with E-state index < -0.39 is 0 Å². The fourth-order valence-corrected chi connectivity index (χ4v) is 3.79. The summed E-state index contributed by atoms with van der Waals surface area (Å²) in [4.78, 5) is 0. The number of nitrogens with one attached hydrogen (secondary N) is 1. The van der Waals surface area contributed by atoms with Crippen LogP contribution in [0.15, 0.2) is 53.9 Å². The molecular weight excluding hydrogens is 288 g/mol. The van der Waals surface area contributed by atoms with Crippen molar-refractivity contribution in [2.75, 3.05) is 12.3 Å². The van der Waals surface area contributed by atoms with Crippen molar-refractivity contribution < 1.29 is 0 Å². The summed E-state index contributed by atoms with van der Waals surface area (Å²) in [5, 5.41) is 7.30. The molecule has 0 radical (unpaired) electrons. The summed E-state index contributed by atoms with van der Waals surface area (Å²) in [6.07, 6.45) is 2.22. The highest BCUT2D eigenvalue weighted by atomic mass is 32.1. The molecule has 1 unspecified atom stereocenters. The van der Waals surface area contributed by atoms with E-state index in [1.165, 1.54) is 21.2 Å². The molecule has 3 N–H and O–H groups in total. The zero-order valence-electron chi connectivity index (χ0n) is 12.9. The average Bonchev–Trinajstić information content (AvgIpc) is 2.97. The molecule has 114 valence electrons. The zero-order chi connectivity index (χ0) is 15.4. The van der Waals surface area contributed by atoms with Crippen LogP contribution in [-0.4, -0.2) is 6.54 Å². The number of rotatable bonds is 6. The first kappa shape index (κ1) is 15.1. The van der Waals surface area contributed by atoms with Crippen LogP contribution in [0.1, 0.15) is 30.5 Å². The van der Waals surface area contributed by atoms with Crippen LogP contribution >= 0.6 is 11.3 Å². The predicted octanol–water partition coefficient (Wildman–Crippen LogP) is 4.77. The van der Waals surface area contributed by atoms with E-state index in [4.69, 9.17) is 5.73 Å². The highest BCUT2D eigenvalue weighted by Gasteiger charge is 2.10. The van der Waals surface area contributed by atoms with Crippen LogP contribution in [0.4, 0.5) is 5.69 Å². The second-order valence-electron chi connectivity index (χ2n) is 5.71. The molecule has 0 aliphatic carbocycles. The molecule has 2 nitrogen and oxygen atoms in total. The predicted molar refractivity (Wildman–Crippen MR) is 97.4 cm³/mol. The number of anilines is 1. The van der Waals surface area contributed by atoms with E-state index in [2.05, 4.69) is 54.0 Å². The summed E-state index contributed by atoms with van der Waals surface area (Å²) in [6.45, 7) is 3.27. The van der Waals surface area contributed by atoms with Crippen LogP contribution in [-0.2, 0) is 6.42 Å². The van der Waals surface area contributed by atoms with Crippen LogP contribution in [0.2, 0.25) is 0 Å². The third-order valence-corrected chi connectivity index (χ3v) is 5.03. The molecular formula is C19H22N2S. The van der Waals surface area contributed by atoms with Crippen molar-refractivity contribution in [3.8, 4) is 0 Å². The molecule has 1 heterocycles. The van der Waals surface area contributed by atoms with Crippen LogP contribution < -0.4 is 11.1 Å². The van der Waals surface area contributed by atoms with Crippen molar-refractivity contribution in [2.24, 2.45) is 0 Å². The number of hydrogen-bond donors (Lipinski definition) is 2. The largest absolute Gasteiger partial charge is 0.399 e. The van der Waals surface area contributed by atoms with Gasteiger partial charge in [0.25, 0.3) is 0 Å². The Morgan fingerprint density at radius 2 is 1.86 bits per heavy atom. The Bertz CT molecular complexity index is 731. The summed E-state index contributed by atoms with van der Waals surface area (Å²) in [5.74, 6) is 0. The van der Waals surface area contributed by atoms with E-state index in [1.54, 1.807) is 0 Å². The molecule has 2 aromatic carbocycles. The van der Waals surface area contributed by atoms with Gasteiger partial charge >= 0.3 is 0 Å². The molecule has 3 heteroatoms. The molecule has 3 rings (SSSR count). The van der Waals surface area contributed by atoms with Gasteiger partial charge in [-0.05, 0) is 66.4 Å². The minimum atomic E-state index is 0.391. The van der Waals surface area contributed by atoms with Crippen molar-refractivity contribution >= 4 is 27.1 Å². The standard InChI is InChI=1S/C19H22N2S/c1-14(18-13-22-19-7-3-2-6-17(18)19)21-12-4-5-15-8-10-16(20)11-9-15/h2-3,6-11,13-14,21H,4-5,12,20H2,1H3. The van der Waals surface area contributed by atoms with Gasteiger partial charge in [-0.25, -0.2) is 0 Å². The Morgan fingerprint density at radius 1 is 1.09 bits per heavy atom. The third kappa shape index (κ3) is 3.49. The monoisotopic (exact) mass is 310 g/mol. The minimum Gasteiger partial charge on any atom is -0.399 e. The van der Waals surface area contributed by atoms with Gasteiger partial charge in [-0.15, -0.1) is 11.3 Å². The molecule has 0 spiro atoms. The van der Waals surface area contributed by atoms with Gasteiger partial charge in [0.15, 0.2) is 0 Å². The lowest BCUT2D eigenvalue weighted by molar-refractivity contribution is 0.562. The maximum absolute atomic E-state index is 5.71. The van der Waals surface area contributed by atoms with Crippen molar-refractivity contribution in [2.45, 2.75) is 25.8 Å². The number of nitrogens with two attached hydrogens (primary N) is 1. The first-order valence-electron chi connectivity index (χ1n) is 7.78.